The highest BCUT2D eigenvalue weighted by molar-refractivity contribution is 5.40. The molecule has 3 nitrogen and oxygen atoms in total. The van der Waals surface area contributed by atoms with Crippen molar-refractivity contribution in [2.45, 2.75) is 20.0 Å². The number of benzene rings is 1. The highest BCUT2D eigenvalue weighted by Gasteiger charge is 2.02. The van der Waals surface area contributed by atoms with Gasteiger partial charge in [0.15, 0.2) is 0 Å². The third kappa shape index (κ3) is 4.59. The van der Waals surface area contributed by atoms with Gasteiger partial charge in [0.2, 0.25) is 0 Å². The highest BCUT2D eigenvalue weighted by atomic mass is 19.1. The summed E-state index contributed by atoms with van der Waals surface area (Å²) in [6.45, 7) is 4.06. The standard InChI is InChI=1S/C12H18FNO2/c1-2-5-15-6-7-16-9-10-3-4-11(14)8-12(10)13/h3-4,8H,2,5-7,9,14H2,1H3. The summed E-state index contributed by atoms with van der Waals surface area (Å²) in [6, 6.07) is 4.60. The normalized spacial score (nSPS) is 10.6. The minimum absolute atomic E-state index is 0.252. The molecule has 0 saturated carbocycles. The van der Waals surface area contributed by atoms with Gasteiger partial charge in [-0.1, -0.05) is 13.0 Å². The zero-order chi connectivity index (χ0) is 11.8. The summed E-state index contributed by atoms with van der Waals surface area (Å²) in [5.74, 6) is -0.325. The lowest BCUT2D eigenvalue weighted by Crippen LogP contribution is -2.05. The fourth-order valence-electron chi connectivity index (χ4n) is 1.23. The van der Waals surface area contributed by atoms with Gasteiger partial charge >= 0.3 is 0 Å². The maximum Gasteiger partial charge on any atom is 0.130 e. The first-order valence-electron chi connectivity index (χ1n) is 5.43. The van der Waals surface area contributed by atoms with Crippen molar-refractivity contribution in [2.24, 2.45) is 0 Å². The molecule has 1 aromatic carbocycles. The largest absolute Gasteiger partial charge is 0.399 e. The van der Waals surface area contributed by atoms with E-state index >= 15 is 0 Å². The number of ether oxygens (including phenoxy) is 2. The van der Waals surface area contributed by atoms with Crippen molar-refractivity contribution in [3.05, 3.63) is 29.6 Å². The van der Waals surface area contributed by atoms with Crippen LogP contribution in [-0.2, 0) is 16.1 Å². The first-order chi connectivity index (χ1) is 7.74. The Morgan fingerprint density at radius 2 is 1.94 bits per heavy atom. The van der Waals surface area contributed by atoms with Crippen LogP contribution in [0, 0.1) is 5.82 Å². The number of anilines is 1. The average molecular weight is 227 g/mol. The fourth-order valence-corrected chi connectivity index (χ4v) is 1.23. The minimum atomic E-state index is -0.325. The molecular formula is C12H18FNO2. The third-order valence-corrected chi connectivity index (χ3v) is 2.06. The smallest absolute Gasteiger partial charge is 0.130 e. The molecule has 0 fully saturated rings. The SMILES string of the molecule is CCCOCCOCc1ccc(N)cc1F. The summed E-state index contributed by atoms with van der Waals surface area (Å²) in [4.78, 5) is 0. The lowest BCUT2D eigenvalue weighted by atomic mass is 10.2. The second kappa shape index (κ2) is 7.19. The summed E-state index contributed by atoms with van der Waals surface area (Å²) in [5, 5.41) is 0. The van der Waals surface area contributed by atoms with E-state index in [-0.39, 0.29) is 12.4 Å². The van der Waals surface area contributed by atoms with Gasteiger partial charge in [0, 0.05) is 17.9 Å². The van der Waals surface area contributed by atoms with Crippen LogP contribution in [0.2, 0.25) is 0 Å². The van der Waals surface area contributed by atoms with Gasteiger partial charge in [-0.3, -0.25) is 0 Å². The Morgan fingerprint density at radius 1 is 1.19 bits per heavy atom. The number of hydrogen-bond acceptors (Lipinski definition) is 3. The summed E-state index contributed by atoms with van der Waals surface area (Å²) >= 11 is 0. The van der Waals surface area contributed by atoms with E-state index in [2.05, 4.69) is 0 Å². The van der Waals surface area contributed by atoms with E-state index in [1.807, 2.05) is 6.92 Å². The quantitative estimate of drug-likeness (QED) is 0.574. The van der Waals surface area contributed by atoms with Gasteiger partial charge in [-0.2, -0.15) is 0 Å². The number of nitrogens with two attached hydrogens (primary N) is 1. The van der Waals surface area contributed by atoms with Gasteiger partial charge < -0.3 is 15.2 Å². The number of nitrogen functional groups attached to an aromatic ring is 1. The molecule has 16 heavy (non-hydrogen) atoms. The molecule has 1 rings (SSSR count). The molecule has 0 aliphatic rings. The third-order valence-electron chi connectivity index (χ3n) is 2.06. The molecule has 0 aromatic heterocycles. The van der Waals surface area contributed by atoms with Gasteiger partial charge in [-0.15, -0.1) is 0 Å². The van der Waals surface area contributed by atoms with Crippen LogP contribution >= 0.6 is 0 Å². The molecular weight excluding hydrogens is 209 g/mol. The van der Waals surface area contributed by atoms with Crippen LogP contribution in [0.5, 0.6) is 0 Å². The van der Waals surface area contributed by atoms with E-state index in [0.29, 0.717) is 24.5 Å². The zero-order valence-corrected chi connectivity index (χ0v) is 9.54. The molecule has 90 valence electrons. The molecule has 0 radical (unpaired) electrons. The van der Waals surface area contributed by atoms with Gasteiger partial charge in [-0.25, -0.2) is 4.39 Å². The van der Waals surface area contributed by atoms with E-state index in [9.17, 15) is 4.39 Å². The first-order valence-corrected chi connectivity index (χ1v) is 5.43. The number of hydrogen-bond donors (Lipinski definition) is 1. The van der Waals surface area contributed by atoms with Crippen molar-refractivity contribution >= 4 is 5.69 Å². The Bertz CT molecular complexity index is 318. The van der Waals surface area contributed by atoms with Crippen LogP contribution < -0.4 is 5.73 Å². The first kappa shape index (κ1) is 12.9. The maximum atomic E-state index is 13.3. The number of halogens is 1. The molecule has 0 bridgehead atoms. The van der Waals surface area contributed by atoms with Crippen molar-refractivity contribution in [1.29, 1.82) is 0 Å². The Hall–Kier alpha value is -1.13. The Balaban J connectivity index is 2.21. The second-order valence-corrected chi connectivity index (χ2v) is 3.52. The Morgan fingerprint density at radius 3 is 2.62 bits per heavy atom. The summed E-state index contributed by atoms with van der Waals surface area (Å²) in [6.07, 6.45) is 0.993. The lowest BCUT2D eigenvalue weighted by molar-refractivity contribution is 0.0399. The van der Waals surface area contributed by atoms with Crippen LogP contribution in [0.1, 0.15) is 18.9 Å². The molecule has 2 N–H and O–H groups in total. The van der Waals surface area contributed by atoms with E-state index in [1.165, 1.54) is 6.07 Å². The fraction of sp³-hybridized carbons (Fsp3) is 0.500. The van der Waals surface area contributed by atoms with Crippen LogP contribution in [-0.4, -0.2) is 19.8 Å². The molecule has 0 amide bonds. The monoisotopic (exact) mass is 227 g/mol. The molecule has 0 spiro atoms. The summed E-state index contributed by atoms with van der Waals surface area (Å²) in [7, 11) is 0. The van der Waals surface area contributed by atoms with Crippen LogP contribution in [0.15, 0.2) is 18.2 Å². The topological polar surface area (TPSA) is 44.5 Å². The predicted molar refractivity (Wildman–Crippen MR) is 61.6 cm³/mol. The van der Waals surface area contributed by atoms with Crippen molar-refractivity contribution in [3.63, 3.8) is 0 Å². The van der Waals surface area contributed by atoms with Crippen LogP contribution in [0.25, 0.3) is 0 Å². The summed E-state index contributed by atoms with van der Waals surface area (Å²) < 4.78 is 23.8. The predicted octanol–water partition coefficient (Wildman–Crippen LogP) is 2.35. The second-order valence-electron chi connectivity index (χ2n) is 3.52. The summed E-state index contributed by atoms with van der Waals surface area (Å²) in [5.41, 5.74) is 6.38. The van der Waals surface area contributed by atoms with Gasteiger partial charge in [0.1, 0.15) is 5.82 Å². The molecule has 4 heteroatoms. The minimum Gasteiger partial charge on any atom is -0.399 e. The molecule has 0 aliphatic carbocycles. The van der Waals surface area contributed by atoms with Gasteiger partial charge in [-0.05, 0) is 18.6 Å². The van der Waals surface area contributed by atoms with E-state index in [1.54, 1.807) is 12.1 Å². The molecule has 0 heterocycles. The maximum absolute atomic E-state index is 13.3. The van der Waals surface area contributed by atoms with E-state index in [0.717, 1.165) is 13.0 Å². The Labute approximate surface area is 95.4 Å². The average Bonchev–Trinajstić information content (AvgIpc) is 2.26. The van der Waals surface area contributed by atoms with Crippen LogP contribution in [0.3, 0.4) is 0 Å². The molecule has 0 atom stereocenters. The zero-order valence-electron chi connectivity index (χ0n) is 9.54. The van der Waals surface area contributed by atoms with Crippen molar-refractivity contribution < 1.29 is 13.9 Å². The van der Waals surface area contributed by atoms with Crippen molar-refractivity contribution in [1.82, 2.24) is 0 Å². The van der Waals surface area contributed by atoms with Crippen molar-refractivity contribution in [3.8, 4) is 0 Å². The van der Waals surface area contributed by atoms with Gasteiger partial charge in [0.05, 0.1) is 19.8 Å². The Kier molecular flexibility index (Phi) is 5.82. The highest BCUT2D eigenvalue weighted by Crippen LogP contribution is 2.12. The van der Waals surface area contributed by atoms with Gasteiger partial charge in [0.25, 0.3) is 0 Å². The van der Waals surface area contributed by atoms with Crippen molar-refractivity contribution in [2.75, 3.05) is 25.6 Å². The molecule has 0 aliphatic heterocycles. The van der Waals surface area contributed by atoms with E-state index in [4.69, 9.17) is 15.2 Å². The molecule has 0 unspecified atom stereocenters. The lowest BCUT2D eigenvalue weighted by Gasteiger charge is -2.06. The molecule has 1 aromatic rings. The van der Waals surface area contributed by atoms with E-state index < -0.39 is 0 Å². The molecule has 0 saturated heterocycles. The van der Waals surface area contributed by atoms with Crippen LogP contribution in [0.4, 0.5) is 10.1 Å². The number of rotatable bonds is 7.